The molecule has 0 aromatic heterocycles. The van der Waals surface area contributed by atoms with Crippen LogP contribution in [-0.4, -0.2) is 43.1 Å². The quantitative estimate of drug-likeness (QED) is 0.595. The molecule has 0 aliphatic heterocycles. The van der Waals surface area contributed by atoms with Crippen LogP contribution in [0.4, 0.5) is 0 Å². The third-order valence-corrected chi connectivity index (χ3v) is 2.60. The molecule has 0 atom stereocenters. The molecule has 0 heterocycles. The van der Waals surface area contributed by atoms with E-state index in [-0.39, 0.29) is 5.60 Å². The monoisotopic (exact) mass is 207 g/mol. The second-order valence-electron chi connectivity index (χ2n) is 3.84. The van der Waals surface area contributed by atoms with Crippen LogP contribution in [0.2, 0.25) is 0 Å². The van der Waals surface area contributed by atoms with Crippen LogP contribution in [0, 0.1) is 0 Å². The van der Waals surface area contributed by atoms with E-state index in [0.29, 0.717) is 5.88 Å². The lowest BCUT2D eigenvalue weighted by Crippen LogP contribution is -2.33. The summed E-state index contributed by atoms with van der Waals surface area (Å²) in [6, 6.07) is 0. The summed E-state index contributed by atoms with van der Waals surface area (Å²) in [5.41, 5.74) is -0.0142. The molecule has 2 nitrogen and oxygen atoms in total. The molecule has 3 heteroatoms. The molecule has 0 fully saturated rings. The average molecular weight is 208 g/mol. The van der Waals surface area contributed by atoms with Gasteiger partial charge in [0, 0.05) is 26.1 Å². The van der Waals surface area contributed by atoms with Crippen LogP contribution in [0.1, 0.15) is 27.2 Å². The number of rotatable bonds is 7. The van der Waals surface area contributed by atoms with Crippen LogP contribution >= 0.6 is 11.6 Å². The highest BCUT2D eigenvalue weighted by Crippen LogP contribution is 2.13. The van der Waals surface area contributed by atoms with E-state index in [1.165, 1.54) is 0 Å². The summed E-state index contributed by atoms with van der Waals surface area (Å²) in [4.78, 5) is 2.34. The lowest BCUT2D eigenvalue weighted by atomic mass is 10.1. The average Bonchev–Trinajstić information content (AvgIpc) is 2.12. The van der Waals surface area contributed by atoms with E-state index in [1.807, 2.05) is 0 Å². The Labute approximate surface area is 87.2 Å². The standard InChI is InChI=1S/C10H22ClNO/c1-5-12(9-7-11)8-6-10(2,3)13-4/h5-9H2,1-4H3. The fourth-order valence-corrected chi connectivity index (χ4v) is 1.32. The maximum atomic E-state index is 5.69. The summed E-state index contributed by atoms with van der Waals surface area (Å²) >= 11 is 5.69. The van der Waals surface area contributed by atoms with Gasteiger partial charge in [-0.1, -0.05) is 6.92 Å². The van der Waals surface area contributed by atoms with Gasteiger partial charge in [0.1, 0.15) is 0 Å². The summed E-state index contributed by atoms with van der Waals surface area (Å²) < 4.78 is 5.35. The Morgan fingerprint density at radius 1 is 1.31 bits per heavy atom. The number of hydrogen-bond acceptors (Lipinski definition) is 2. The third kappa shape index (κ3) is 6.30. The summed E-state index contributed by atoms with van der Waals surface area (Å²) in [5.74, 6) is 0.710. The fraction of sp³-hybridized carbons (Fsp3) is 1.00. The molecule has 0 spiro atoms. The second-order valence-corrected chi connectivity index (χ2v) is 4.22. The Balaban J connectivity index is 3.70. The molecule has 0 saturated carbocycles. The molecular formula is C10H22ClNO. The first-order chi connectivity index (χ1) is 6.05. The van der Waals surface area contributed by atoms with Crippen LogP contribution in [-0.2, 0) is 4.74 Å². The first-order valence-electron chi connectivity index (χ1n) is 4.89. The van der Waals surface area contributed by atoms with E-state index >= 15 is 0 Å². The molecule has 0 unspecified atom stereocenters. The maximum absolute atomic E-state index is 5.69. The largest absolute Gasteiger partial charge is 0.379 e. The fourth-order valence-electron chi connectivity index (χ4n) is 1.08. The number of methoxy groups -OCH3 is 1. The zero-order valence-electron chi connectivity index (χ0n) is 9.27. The molecule has 80 valence electrons. The third-order valence-electron chi connectivity index (χ3n) is 2.43. The highest BCUT2D eigenvalue weighted by Gasteiger charge is 2.17. The summed E-state index contributed by atoms with van der Waals surface area (Å²) in [6.07, 6.45) is 1.05. The SMILES string of the molecule is CCN(CCCl)CCC(C)(C)OC. The first-order valence-corrected chi connectivity index (χ1v) is 5.42. The Kier molecular flexibility index (Phi) is 6.74. The zero-order chi connectivity index (χ0) is 10.3. The molecule has 0 bridgehead atoms. The summed E-state index contributed by atoms with van der Waals surface area (Å²) in [5, 5.41) is 0. The van der Waals surface area contributed by atoms with E-state index in [2.05, 4.69) is 25.7 Å². The van der Waals surface area contributed by atoms with Crippen molar-refractivity contribution in [1.82, 2.24) is 4.90 Å². The van der Waals surface area contributed by atoms with Crippen molar-refractivity contribution in [2.45, 2.75) is 32.8 Å². The van der Waals surface area contributed by atoms with Gasteiger partial charge in [-0.25, -0.2) is 0 Å². The molecule has 0 radical (unpaired) electrons. The van der Waals surface area contributed by atoms with Crippen molar-refractivity contribution in [2.75, 3.05) is 32.6 Å². The van der Waals surface area contributed by atoms with Gasteiger partial charge in [0.05, 0.1) is 5.60 Å². The van der Waals surface area contributed by atoms with E-state index in [4.69, 9.17) is 16.3 Å². The lowest BCUT2D eigenvalue weighted by Gasteiger charge is -2.27. The van der Waals surface area contributed by atoms with Gasteiger partial charge in [0.2, 0.25) is 0 Å². The van der Waals surface area contributed by atoms with Gasteiger partial charge in [0.15, 0.2) is 0 Å². The van der Waals surface area contributed by atoms with Gasteiger partial charge in [-0.2, -0.15) is 0 Å². The van der Waals surface area contributed by atoms with Gasteiger partial charge in [-0.3, -0.25) is 0 Å². The number of alkyl halides is 1. The van der Waals surface area contributed by atoms with E-state index < -0.39 is 0 Å². The topological polar surface area (TPSA) is 12.5 Å². The molecule has 0 saturated heterocycles. The van der Waals surface area contributed by atoms with Crippen molar-refractivity contribution in [3.8, 4) is 0 Å². The van der Waals surface area contributed by atoms with Crippen molar-refractivity contribution in [3.63, 3.8) is 0 Å². The maximum Gasteiger partial charge on any atom is 0.0634 e. The van der Waals surface area contributed by atoms with Crippen molar-refractivity contribution >= 4 is 11.6 Å². The number of ether oxygens (including phenoxy) is 1. The summed E-state index contributed by atoms with van der Waals surface area (Å²) in [6.45, 7) is 9.48. The number of nitrogens with zero attached hydrogens (tertiary/aromatic N) is 1. The lowest BCUT2D eigenvalue weighted by molar-refractivity contribution is 0.00819. The van der Waals surface area contributed by atoms with E-state index in [0.717, 1.165) is 26.1 Å². The second kappa shape index (κ2) is 6.63. The molecule has 0 aliphatic rings. The Bertz CT molecular complexity index is 128. The van der Waals surface area contributed by atoms with Gasteiger partial charge in [-0.15, -0.1) is 11.6 Å². The minimum atomic E-state index is -0.0142. The van der Waals surface area contributed by atoms with E-state index in [9.17, 15) is 0 Å². The minimum Gasteiger partial charge on any atom is -0.379 e. The predicted molar refractivity (Wildman–Crippen MR) is 58.5 cm³/mol. The zero-order valence-corrected chi connectivity index (χ0v) is 10.0. The Morgan fingerprint density at radius 2 is 1.92 bits per heavy atom. The van der Waals surface area contributed by atoms with E-state index in [1.54, 1.807) is 7.11 Å². The van der Waals surface area contributed by atoms with Crippen LogP contribution < -0.4 is 0 Å². The Hall–Kier alpha value is 0.210. The molecule has 0 amide bonds. The van der Waals surface area contributed by atoms with Crippen LogP contribution in [0.25, 0.3) is 0 Å². The molecule has 0 N–H and O–H groups in total. The molecular weight excluding hydrogens is 186 g/mol. The first kappa shape index (κ1) is 13.2. The van der Waals surface area contributed by atoms with Crippen LogP contribution in [0.15, 0.2) is 0 Å². The van der Waals surface area contributed by atoms with Crippen molar-refractivity contribution in [1.29, 1.82) is 0 Å². The molecule has 0 aromatic rings. The molecule has 0 rings (SSSR count). The van der Waals surface area contributed by atoms with Gasteiger partial charge >= 0.3 is 0 Å². The number of halogens is 1. The molecule has 0 aromatic carbocycles. The van der Waals surface area contributed by atoms with Gasteiger partial charge in [-0.05, 0) is 26.8 Å². The molecule has 0 aliphatic carbocycles. The predicted octanol–water partition coefficient (Wildman–Crippen LogP) is 2.36. The van der Waals surface area contributed by atoms with Crippen molar-refractivity contribution in [3.05, 3.63) is 0 Å². The van der Waals surface area contributed by atoms with Crippen molar-refractivity contribution < 1.29 is 4.74 Å². The smallest absolute Gasteiger partial charge is 0.0634 e. The van der Waals surface area contributed by atoms with Gasteiger partial charge in [0.25, 0.3) is 0 Å². The highest BCUT2D eigenvalue weighted by atomic mass is 35.5. The molecule has 13 heavy (non-hydrogen) atoms. The minimum absolute atomic E-state index is 0.0142. The van der Waals surface area contributed by atoms with Gasteiger partial charge < -0.3 is 9.64 Å². The van der Waals surface area contributed by atoms with Crippen molar-refractivity contribution in [2.24, 2.45) is 0 Å². The Morgan fingerprint density at radius 3 is 2.31 bits per heavy atom. The number of hydrogen-bond donors (Lipinski definition) is 0. The van der Waals surface area contributed by atoms with Crippen LogP contribution in [0.3, 0.4) is 0 Å². The highest BCUT2D eigenvalue weighted by molar-refractivity contribution is 6.18. The normalized spacial score (nSPS) is 12.5. The summed E-state index contributed by atoms with van der Waals surface area (Å²) in [7, 11) is 1.76. The van der Waals surface area contributed by atoms with Crippen LogP contribution in [0.5, 0.6) is 0 Å².